The fourth-order valence-electron chi connectivity index (χ4n) is 3.41. The molecule has 1 aliphatic carbocycles. The van der Waals surface area contributed by atoms with Crippen molar-refractivity contribution in [1.82, 2.24) is 15.5 Å². The van der Waals surface area contributed by atoms with Gasteiger partial charge in [0.2, 0.25) is 5.91 Å². The number of hydrogen-bond acceptors (Lipinski definition) is 3. The Morgan fingerprint density at radius 2 is 1.86 bits per heavy atom. The number of nitrogens with zero attached hydrogens (tertiary/aromatic N) is 1. The van der Waals surface area contributed by atoms with Crippen molar-refractivity contribution in [2.24, 2.45) is 5.92 Å². The smallest absolute Gasteiger partial charge is 0.317 e. The lowest BCUT2D eigenvalue weighted by Gasteiger charge is -2.38. The van der Waals surface area contributed by atoms with E-state index >= 15 is 0 Å². The Morgan fingerprint density at radius 1 is 1.18 bits per heavy atom. The summed E-state index contributed by atoms with van der Waals surface area (Å²) in [5, 5.41) is 5.84. The molecule has 0 aromatic carbocycles. The van der Waals surface area contributed by atoms with Crippen molar-refractivity contribution in [3.8, 4) is 0 Å². The molecule has 2 N–H and O–H groups in total. The van der Waals surface area contributed by atoms with Gasteiger partial charge in [-0.15, -0.1) is 0 Å². The first-order chi connectivity index (χ1) is 10.5. The highest BCUT2D eigenvalue weighted by atomic mass is 16.5. The summed E-state index contributed by atoms with van der Waals surface area (Å²) in [6, 6.07) is 0.198. The van der Waals surface area contributed by atoms with Gasteiger partial charge >= 0.3 is 6.03 Å². The molecule has 6 nitrogen and oxygen atoms in total. The number of amides is 3. The predicted octanol–water partition coefficient (Wildman–Crippen LogP) is 1.50. The van der Waals surface area contributed by atoms with E-state index in [4.69, 9.17) is 4.74 Å². The van der Waals surface area contributed by atoms with E-state index in [0.717, 1.165) is 32.1 Å². The molecular formula is C16H29N3O3. The van der Waals surface area contributed by atoms with Crippen LogP contribution >= 0.6 is 0 Å². The molecule has 22 heavy (non-hydrogen) atoms. The van der Waals surface area contributed by atoms with E-state index in [9.17, 15) is 9.59 Å². The van der Waals surface area contributed by atoms with E-state index in [1.807, 2.05) is 11.8 Å². The first-order valence-corrected chi connectivity index (χ1v) is 8.46. The zero-order chi connectivity index (χ0) is 16.1. The molecule has 0 unspecified atom stereocenters. The zero-order valence-corrected chi connectivity index (χ0v) is 13.9. The van der Waals surface area contributed by atoms with Crippen molar-refractivity contribution in [1.29, 1.82) is 0 Å². The number of carbonyl (C=O) groups is 2. The Hall–Kier alpha value is -1.30. The second kappa shape index (κ2) is 7.81. The number of nitrogens with one attached hydrogen (secondary N) is 2. The third-order valence-electron chi connectivity index (χ3n) is 4.74. The van der Waals surface area contributed by atoms with Crippen molar-refractivity contribution < 1.29 is 14.3 Å². The zero-order valence-electron chi connectivity index (χ0n) is 13.9. The second-order valence-electron chi connectivity index (χ2n) is 6.49. The van der Waals surface area contributed by atoms with Gasteiger partial charge in [0.15, 0.2) is 0 Å². The van der Waals surface area contributed by atoms with Crippen LogP contribution in [0.1, 0.15) is 46.0 Å². The Morgan fingerprint density at radius 3 is 2.45 bits per heavy atom. The van der Waals surface area contributed by atoms with Gasteiger partial charge in [-0.1, -0.05) is 6.92 Å². The lowest BCUT2D eigenvalue weighted by Crippen LogP contribution is -2.54. The van der Waals surface area contributed by atoms with Crippen LogP contribution in [0.3, 0.4) is 0 Å². The van der Waals surface area contributed by atoms with Crippen molar-refractivity contribution >= 4 is 11.9 Å². The highest BCUT2D eigenvalue weighted by molar-refractivity contribution is 5.78. The number of rotatable bonds is 3. The topological polar surface area (TPSA) is 70.7 Å². The molecule has 0 bridgehead atoms. The molecule has 0 spiro atoms. The van der Waals surface area contributed by atoms with Crippen molar-refractivity contribution in [3.63, 3.8) is 0 Å². The normalized spacial score (nSPS) is 32.4. The molecule has 1 saturated heterocycles. The van der Waals surface area contributed by atoms with Gasteiger partial charge in [0.25, 0.3) is 0 Å². The molecule has 2 rings (SSSR count). The maximum atomic E-state index is 12.4. The molecule has 0 radical (unpaired) electrons. The van der Waals surface area contributed by atoms with E-state index in [1.54, 1.807) is 7.05 Å². The van der Waals surface area contributed by atoms with Gasteiger partial charge in [0.05, 0.1) is 12.2 Å². The standard InChI is InChI=1S/C16H29N3O3/c1-4-14-10-19(9-11(2)22-14)16(21)18-13-7-5-12(6-8-13)15(20)17-3/h11-14H,4-10H2,1-3H3,(H,17,20)(H,18,21)/t11-,12?,13?,14-/m0/s1. The van der Waals surface area contributed by atoms with Crippen LogP contribution in [0.15, 0.2) is 0 Å². The highest BCUT2D eigenvalue weighted by Crippen LogP contribution is 2.24. The van der Waals surface area contributed by atoms with Gasteiger partial charge in [-0.2, -0.15) is 0 Å². The fourth-order valence-corrected chi connectivity index (χ4v) is 3.41. The molecule has 0 aromatic heterocycles. The monoisotopic (exact) mass is 311 g/mol. The van der Waals surface area contributed by atoms with Gasteiger partial charge in [0.1, 0.15) is 0 Å². The minimum Gasteiger partial charge on any atom is -0.372 e. The van der Waals surface area contributed by atoms with Crippen LogP contribution in [0.2, 0.25) is 0 Å². The summed E-state index contributed by atoms with van der Waals surface area (Å²) in [7, 11) is 1.68. The molecule has 0 aromatic rings. The lowest BCUT2D eigenvalue weighted by atomic mass is 9.85. The average molecular weight is 311 g/mol. The Labute approximate surface area is 132 Å². The minimum absolute atomic E-state index is 0.0111. The predicted molar refractivity (Wildman–Crippen MR) is 84.5 cm³/mol. The average Bonchev–Trinajstić information content (AvgIpc) is 2.54. The third-order valence-corrected chi connectivity index (χ3v) is 4.74. The molecule has 2 fully saturated rings. The molecule has 1 saturated carbocycles. The van der Waals surface area contributed by atoms with E-state index in [-0.39, 0.29) is 36.1 Å². The summed E-state index contributed by atoms with van der Waals surface area (Å²) in [5.74, 6) is 0.226. The van der Waals surface area contributed by atoms with Crippen molar-refractivity contribution in [2.75, 3.05) is 20.1 Å². The summed E-state index contributed by atoms with van der Waals surface area (Å²) in [4.78, 5) is 25.9. The van der Waals surface area contributed by atoms with Crippen LogP contribution in [-0.4, -0.2) is 55.2 Å². The van der Waals surface area contributed by atoms with Crippen LogP contribution < -0.4 is 10.6 Å². The number of morpholine rings is 1. The summed E-state index contributed by atoms with van der Waals surface area (Å²) in [5.41, 5.74) is 0. The van der Waals surface area contributed by atoms with Gasteiger partial charge in [0, 0.05) is 32.1 Å². The summed E-state index contributed by atoms with van der Waals surface area (Å²) in [6.07, 6.45) is 4.60. The first-order valence-electron chi connectivity index (χ1n) is 8.46. The van der Waals surface area contributed by atoms with Gasteiger partial charge in [-0.05, 0) is 39.0 Å². The molecule has 1 heterocycles. The quantitative estimate of drug-likeness (QED) is 0.830. The molecule has 3 amide bonds. The Bertz CT molecular complexity index is 394. The minimum atomic E-state index is 0.0111. The maximum absolute atomic E-state index is 12.4. The second-order valence-corrected chi connectivity index (χ2v) is 6.49. The van der Waals surface area contributed by atoms with Gasteiger partial charge < -0.3 is 20.3 Å². The van der Waals surface area contributed by atoms with Crippen LogP contribution in [0, 0.1) is 5.92 Å². The summed E-state index contributed by atoms with van der Waals surface area (Å²) >= 11 is 0. The Kier molecular flexibility index (Phi) is 6.06. The molecule has 2 atom stereocenters. The lowest BCUT2D eigenvalue weighted by molar-refractivity contribution is -0.125. The number of urea groups is 1. The largest absolute Gasteiger partial charge is 0.372 e. The van der Waals surface area contributed by atoms with Crippen LogP contribution in [0.5, 0.6) is 0 Å². The van der Waals surface area contributed by atoms with Gasteiger partial charge in [-0.3, -0.25) is 4.79 Å². The van der Waals surface area contributed by atoms with E-state index in [1.165, 1.54) is 0 Å². The fraction of sp³-hybridized carbons (Fsp3) is 0.875. The van der Waals surface area contributed by atoms with Gasteiger partial charge in [-0.25, -0.2) is 4.79 Å². The summed E-state index contributed by atoms with van der Waals surface area (Å²) in [6.45, 7) is 5.41. The van der Waals surface area contributed by atoms with Crippen LogP contribution in [0.4, 0.5) is 4.79 Å². The third kappa shape index (κ3) is 4.35. The number of hydrogen-bond donors (Lipinski definition) is 2. The van der Waals surface area contributed by atoms with E-state index in [2.05, 4.69) is 17.6 Å². The molecule has 2 aliphatic rings. The molecular weight excluding hydrogens is 282 g/mol. The molecule has 126 valence electrons. The highest BCUT2D eigenvalue weighted by Gasteiger charge is 2.30. The van der Waals surface area contributed by atoms with Crippen molar-refractivity contribution in [2.45, 2.75) is 64.2 Å². The molecule has 1 aliphatic heterocycles. The number of ether oxygens (including phenoxy) is 1. The Balaban J connectivity index is 1.79. The van der Waals surface area contributed by atoms with Crippen LogP contribution in [-0.2, 0) is 9.53 Å². The van der Waals surface area contributed by atoms with E-state index in [0.29, 0.717) is 13.1 Å². The van der Waals surface area contributed by atoms with E-state index < -0.39 is 0 Å². The summed E-state index contributed by atoms with van der Waals surface area (Å²) < 4.78 is 5.79. The maximum Gasteiger partial charge on any atom is 0.317 e. The first kappa shape index (κ1) is 17.1. The van der Waals surface area contributed by atoms with Crippen LogP contribution in [0.25, 0.3) is 0 Å². The SMILES string of the molecule is CC[C@H]1CN(C(=O)NC2CCC(C(=O)NC)CC2)C[C@H](C)O1. The number of carbonyl (C=O) groups excluding carboxylic acids is 2. The van der Waals surface area contributed by atoms with Crippen molar-refractivity contribution in [3.05, 3.63) is 0 Å². The molecule has 6 heteroatoms.